The highest BCUT2D eigenvalue weighted by Gasteiger charge is 2.36. The topological polar surface area (TPSA) is 49.8 Å². The first-order valence-corrected chi connectivity index (χ1v) is 12.6. The second-order valence-electron chi connectivity index (χ2n) is 8.94. The first-order valence-electron chi connectivity index (χ1n) is 12.6. The van der Waals surface area contributed by atoms with Crippen LogP contribution in [0.3, 0.4) is 0 Å². The van der Waals surface area contributed by atoms with Crippen molar-refractivity contribution < 1.29 is 14.6 Å². The van der Waals surface area contributed by atoms with Gasteiger partial charge in [-0.25, -0.2) is 0 Å². The van der Waals surface area contributed by atoms with Crippen LogP contribution in [-0.2, 0) is 9.53 Å². The number of ether oxygens (including phenoxy) is 1. The Hall–Kier alpha value is -0.570. The number of rotatable bonds is 22. The van der Waals surface area contributed by atoms with Crippen molar-refractivity contribution in [3.05, 3.63) is 0 Å². The van der Waals surface area contributed by atoms with Gasteiger partial charge in [-0.2, -0.15) is 0 Å². The molecule has 0 aromatic rings. The Morgan fingerprint density at radius 3 is 1.36 bits per heavy atom. The number of unbranched alkanes of at least 4 members (excludes halogenated alkanes) is 16. The zero-order valence-corrected chi connectivity index (χ0v) is 18.8. The van der Waals surface area contributed by atoms with Gasteiger partial charge >= 0.3 is 5.97 Å². The van der Waals surface area contributed by atoms with E-state index in [0.717, 1.165) is 12.8 Å². The van der Waals surface area contributed by atoms with E-state index < -0.39 is 5.97 Å². The van der Waals surface area contributed by atoms with Crippen LogP contribution in [0.2, 0.25) is 0 Å². The minimum Gasteiger partial charge on any atom is -0.481 e. The van der Waals surface area contributed by atoms with Gasteiger partial charge in [0.1, 0.15) is 0 Å². The molecular formula is C25H48O3. The summed E-state index contributed by atoms with van der Waals surface area (Å²) in [5.74, 6) is -0.664. The smallest absolute Gasteiger partial charge is 0.303 e. The molecule has 0 bridgehead atoms. The van der Waals surface area contributed by atoms with E-state index in [0.29, 0.717) is 18.6 Å². The largest absolute Gasteiger partial charge is 0.481 e. The van der Waals surface area contributed by atoms with Crippen molar-refractivity contribution >= 4 is 5.97 Å². The Morgan fingerprint density at radius 2 is 0.964 bits per heavy atom. The van der Waals surface area contributed by atoms with Gasteiger partial charge in [-0.05, 0) is 19.3 Å². The lowest BCUT2D eigenvalue weighted by molar-refractivity contribution is -0.137. The van der Waals surface area contributed by atoms with Crippen molar-refractivity contribution in [3.63, 3.8) is 0 Å². The van der Waals surface area contributed by atoms with Crippen molar-refractivity contribution in [1.82, 2.24) is 0 Å². The van der Waals surface area contributed by atoms with Crippen LogP contribution >= 0.6 is 0 Å². The van der Waals surface area contributed by atoms with Crippen LogP contribution in [0.4, 0.5) is 0 Å². The van der Waals surface area contributed by atoms with Crippen LogP contribution < -0.4 is 0 Å². The Labute approximate surface area is 175 Å². The molecule has 3 nitrogen and oxygen atoms in total. The molecule has 0 saturated carbocycles. The predicted octanol–water partition coefficient (Wildman–Crippen LogP) is 8.05. The molecule has 0 aliphatic carbocycles. The molecule has 0 amide bonds. The average molecular weight is 397 g/mol. The van der Waals surface area contributed by atoms with Crippen LogP contribution in [0.1, 0.15) is 142 Å². The minimum absolute atomic E-state index is 0.326. The monoisotopic (exact) mass is 396 g/mol. The molecule has 2 atom stereocenters. The van der Waals surface area contributed by atoms with Gasteiger partial charge in [0.05, 0.1) is 12.2 Å². The van der Waals surface area contributed by atoms with Gasteiger partial charge < -0.3 is 9.84 Å². The van der Waals surface area contributed by atoms with Gasteiger partial charge in [-0.15, -0.1) is 0 Å². The third-order valence-corrected chi connectivity index (χ3v) is 6.16. The summed E-state index contributed by atoms with van der Waals surface area (Å²) in [6.07, 6.45) is 27.9. The fourth-order valence-corrected chi connectivity index (χ4v) is 4.20. The number of epoxide rings is 1. The van der Waals surface area contributed by atoms with E-state index in [4.69, 9.17) is 9.84 Å². The third-order valence-electron chi connectivity index (χ3n) is 6.16. The molecule has 0 aromatic carbocycles. The molecule has 1 aliphatic rings. The van der Waals surface area contributed by atoms with Crippen LogP contribution in [0.15, 0.2) is 0 Å². The number of aliphatic carboxylic acids is 1. The Balaban J connectivity index is 1.71. The molecule has 0 radical (unpaired) electrons. The summed E-state index contributed by atoms with van der Waals surface area (Å²) in [6, 6.07) is 0. The number of carbonyl (C=O) groups is 1. The maximum Gasteiger partial charge on any atom is 0.303 e. The lowest BCUT2D eigenvalue weighted by Crippen LogP contribution is -1.95. The second kappa shape index (κ2) is 18.5. The van der Waals surface area contributed by atoms with E-state index in [1.165, 1.54) is 116 Å². The lowest BCUT2D eigenvalue weighted by atomic mass is 10.0. The summed E-state index contributed by atoms with van der Waals surface area (Å²) in [5.41, 5.74) is 0. The SMILES string of the molecule is CCCCCCCCCCCCCCCC1OC1CCCCCCCC(=O)O. The zero-order valence-electron chi connectivity index (χ0n) is 18.8. The van der Waals surface area contributed by atoms with Crippen LogP contribution in [0.5, 0.6) is 0 Å². The average Bonchev–Trinajstić information content (AvgIpc) is 3.42. The van der Waals surface area contributed by atoms with Gasteiger partial charge in [0.2, 0.25) is 0 Å². The standard InChI is InChI=1S/C25H48O3/c1-2-3-4-5-6-7-8-9-10-11-12-14-17-20-23-24(28-23)21-18-15-13-16-19-22-25(26)27/h23-24H,2-22H2,1H3,(H,26,27). The number of carboxylic acid groups (broad SMARTS) is 1. The molecule has 28 heavy (non-hydrogen) atoms. The number of hydrogen-bond donors (Lipinski definition) is 1. The summed E-state index contributed by atoms with van der Waals surface area (Å²) >= 11 is 0. The molecule has 0 aromatic heterocycles. The van der Waals surface area contributed by atoms with Gasteiger partial charge in [0, 0.05) is 6.42 Å². The van der Waals surface area contributed by atoms with Gasteiger partial charge in [0.15, 0.2) is 0 Å². The third kappa shape index (κ3) is 16.4. The van der Waals surface area contributed by atoms with E-state index in [1.807, 2.05) is 0 Å². The molecule has 2 unspecified atom stereocenters. The fourth-order valence-electron chi connectivity index (χ4n) is 4.20. The molecule has 1 heterocycles. The lowest BCUT2D eigenvalue weighted by Gasteiger charge is -2.03. The first kappa shape index (κ1) is 25.5. The van der Waals surface area contributed by atoms with E-state index >= 15 is 0 Å². The summed E-state index contributed by atoms with van der Waals surface area (Å²) in [4.78, 5) is 10.4. The van der Waals surface area contributed by atoms with Crippen LogP contribution in [0.25, 0.3) is 0 Å². The van der Waals surface area contributed by atoms with Crippen LogP contribution in [-0.4, -0.2) is 23.3 Å². The molecule has 3 heteroatoms. The van der Waals surface area contributed by atoms with Crippen molar-refractivity contribution in [2.24, 2.45) is 0 Å². The quantitative estimate of drug-likeness (QED) is 0.149. The van der Waals surface area contributed by atoms with Gasteiger partial charge in [0.25, 0.3) is 0 Å². The predicted molar refractivity (Wildman–Crippen MR) is 119 cm³/mol. The second-order valence-corrected chi connectivity index (χ2v) is 8.94. The van der Waals surface area contributed by atoms with E-state index in [2.05, 4.69) is 6.92 Å². The number of hydrogen-bond acceptors (Lipinski definition) is 2. The molecule has 0 spiro atoms. The van der Waals surface area contributed by atoms with Gasteiger partial charge in [-0.1, -0.05) is 116 Å². The summed E-state index contributed by atoms with van der Waals surface area (Å²) < 4.78 is 5.81. The first-order chi connectivity index (χ1) is 13.7. The molecule has 1 rings (SSSR count). The van der Waals surface area contributed by atoms with E-state index in [1.54, 1.807) is 0 Å². The zero-order chi connectivity index (χ0) is 20.3. The Kier molecular flexibility index (Phi) is 16.8. The molecule has 1 saturated heterocycles. The summed E-state index contributed by atoms with van der Waals surface area (Å²) in [6.45, 7) is 2.29. The highest BCUT2D eigenvalue weighted by molar-refractivity contribution is 5.66. The Morgan fingerprint density at radius 1 is 0.607 bits per heavy atom. The molecule has 1 fully saturated rings. The summed E-state index contributed by atoms with van der Waals surface area (Å²) in [7, 11) is 0. The van der Waals surface area contributed by atoms with Gasteiger partial charge in [-0.3, -0.25) is 4.79 Å². The minimum atomic E-state index is -0.664. The highest BCUT2D eigenvalue weighted by Crippen LogP contribution is 2.31. The maximum absolute atomic E-state index is 10.4. The molecule has 1 aliphatic heterocycles. The summed E-state index contributed by atoms with van der Waals surface area (Å²) in [5, 5.41) is 8.60. The molecule has 166 valence electrons. The van der Waals surface area contributed by atoms with Crippen molar-refractivity contribution in [2.45, 2.75) is 154 Å². The normalized spacial score (nSPS) is 18.5. The van der Waals surface area contributed by atoms with Crippen molar-refractivity contribution in [2.75, 3.05) is 0 Å². The van der Waals surface area contributed by atoms with Crippen molar-refractivity contribution in [1.29, 1.82) is 0 Å². The van der Waals surface area contributed by atoms with Crippen molar-refractivity contribution in [3.8, 4) is 0 Å². The van der Waals surface area contributed by atoms with Crippen LogP contribution in [0, 0.1) is 0 Å². The molecule has 1 N–H and O–H groups in total. The fraction of sp³-hybridized carbons (Fsp3) is 0.960. The molecular weight excluding hydrogens is 348 g/mol. The number of carboxylic acids is 1. The maximum atomic E-state index is 10.4. The van der Waals surface area contributed by atoms with E-state index in [-0.39, 0.29) is 0 Å². The highest BCUT2D eigenvalue weighted by atomic mass is 16.6. The Bertz CT molecular complexity index is 356. The van der Waals surface area contributed by atoms with E-state index in [9.17, 15) is 4.79 Å².